The van der Waals surface area contributed by atoms with Gasteiger partial charge in [0.1, 0.15) is 0 Å². The van der Waals surface area contributed by atoms with Crippen molar-refractivity contribution in [2.75, 3.05) is 0 Å². The fourth-order valence-electron chi connectivity index (χ4n) is 0. The third-order valence-corrected chi connectivity index (χ3v) is 0.243. The van der Waals surface area contributed by atoms with Crippen LogP contribution in [0.1, 0.15) is 0 Å². The minimum absolute atomic E-state index is 1.32. The van der Waals surface area contributed by atoms with Crippen molar-refractivity contribution < 1.29 is 13.9 Å². The highest BCUT2D eigenvalue weighted by atomic mass is 19.3. The number of halogens is 2. The maximum absolute atomic E-state index is 10.7. The molecule has 0 saturated carbocycles. The molecule has 0 amide bonds. The van der Waals surface area contributed by atoms with E-state index in [2.05, 4.69) is 6.58 Å². The Hall–Kier alpha value is -0.600. The van der Waals surface area contributed by atoms with Crippen LogP contribution in [0.3, 0.4) is 0 Å². The third-order valence-electron chi connectivity index (χ3n) is 0.243. The molecule has 3 heteroatoms. The molecule has 1 nitrogen and oxygen atoms in total. The molecule has 0 N–H and O–H groups in total. The van der Waals surface area contributed by atoms with Gasteiger partial charge in [-0.1, -0.05) is 5.76 Å². The molecular weight excluding hydrogens is 90.0 g/mol. The molecule has 0 aromatic carbocycles. The van der Waals surface area contributed by atoms with Crippen LogP contribution in [0.25, 0.3) is 0 Å². The first kappa shape index (κ1) is 5.40. The summed E-state index contributed by atoms with van der Waals surface area (Å²) >= 11 is 0. The molecule has 6 heavy (non-hydrogen) atoms. The van der Waals surface area contributed by atoms with E-state index in [1.165, 1.54) is 0 Å². The monoisotopic (exact) mass is 93.0 g/mol. The molecule has 0 aliphatic rings. The van der Waals surface area contributed by atoms with Gasteiger partial charge in [-0.05, 0) is 0 Å². The SMILES string of the molecule is C=C([O-])C(F)F. The van der Waals surface area contributed by atoms with Crippen LogP contribution in [0.5, 0.6) is 0 Å². The Balaban J connectivity index is 3.26. The summed E-state index contributed by atoms with van der Waals surface area (Å²) in [5.74, 6) is -1.32. The van der Waals surface area contributed by atoms with Crippen LogP contribution in [0, 0.1) is 0 Å². The van der Waals surface area contributed by atoms with Crippen LogP contribution in [0.2, 0.25) is 0 Å². The number of hydrogen-bond acceptors (Lipinski definition) is 1. The van der Waals surface area contributed by atoms with Crippen molar-refractivity contribution in [2.24, 2.45) is 0 Å². The van der Waals surface area contributed by atoms with Crippen LogP contribution >= 0.6 is 0 Å². The molecular formula is C3H3F2O-. The van der Waals surface area contributed by atoms with E-state index in [1.54, 1.807) is 0 Å². The highest BCUT2D eigenvalue weighted by molar-refractivity contribution is 4.78. The van der Waals surface area contributed by atoms with Crippen molar-refractivity contribution in [3.63, 3.8) is 0 Å². The smallest absolute Gasteiger partial charge is 0.249 e. The third kappa shape index (κ3) is 1.69. The van der Waals surface area contributed by atoms with E-state index in [-0.39, 0.29) is 0 Å². The number of rotatable bonds is 1. The Bertz CT molecular complexity index is 59.8. The zero-order valence-corrected chi connectivity index (χ0v) is 2.95. The van der Waals surface area contributed by atoms with Gasteiger partial charge >= 0.3 is 0 Å². The lowest BCUT2D eigenvalue weighted by atomic mass is 10.6. The van der Waals surface area contributed by atoms with Crippen LogP contribution < -0.4 is 5.11 Å². The van der Waals surface area contributed by atoms with Crippen molar-refractivity contribution in [3.05, 3.63) is 12.3 Å². The van der Waals surface area contributed by atoms with Crippen LogP contribution in [0.4, 0.5) is 8.78 Å². The molecule has 0 saturated heterocycles. The molecule has 36 valence electrons. The number of allylic oxidation sites excluding steroid dienone is 1. The minimum Gasteiger partial charge on any atom is -0.872 e. The maximum Gasteiger partial charge on any atom is 0.249 e. The Morgan fingerprint density at radius 1 is 1.67 bits per heavy atom. The average Bonchev–Trinajstić information content (AvgIpc) is 1.36. The average molecular weight is 93.1 g/mol. The molecule has 0 rings (SSSR count). The summed E-state index contributed by atoms with van der Waals surface area (Å²) < 4.78 is 21.5. The molecule has 0 unspecified atom stereocenters. The fourth-order valence-corrected chi connectivity index (χ4v) is 0. The van der Waals surface area contributed by atoms with Gasteiger partial charge in [-0.25, -0.2) is 8.78 Å². The lowest BCUT2D eigenvalue weighted by Gasteiger charge is -2.03. The van der Waals surface area contributed by atoms with Crippen molar-refractivity contribution in [3.8, 4) is 0 Å². The minimum atomic E-state index is -2.90. The summed E-state index contributed by atoms with van der Waals surface area (Å²) in [6.07, 6.45) is -2.90. The zero-order valence-electron chi connectivity index (χ0n) is 2.95. The van der Waals surface area contributed by atoms with E-state index >= 15 is 0 Å². The molecule has 0 bridgehead atoms. The molecule has 0 atom stereocenters. The van der Waals surface area contributed by atoms with Crippen molar-refractivity contribution in [1.82, 2.24) is 0 Å². The summed E-state index contributed by atoms with van der Waals surface area (Å²) in [6, 6.07) is 0. The first-order valence-electron chi connectivity index (χ1n) is 1.28. The summed E-state index contributed by atoms with van der Waals surface area (Å²) in [7, 11) is 0. The highest BCUT2D eigenvalue weighted by Gasteiger charge is 1.92. The standard InChI is InChI=1S/C3H4F2O/c1-2(6)3(4)5/h3,6H,1H2/p-1. The van der Waals surface area contributed by atoms with Crippen molar-refractivity contribution in [1.29, 1.82) is 0 Å². The van der Waals surface area contributed by atoms with Gasteiger partial charge in [0.2, 0.25) is 6.43 Å². The van der Waals surface area contributed by atoms with Crippen LogP contribution in [-0.4, -0.2) is 6.43 Å². The second-order valence-corrected chi connectivity index (χ2v) is 0.767. The molecule has 0 aliphatic heterocycles. The molecule has 0 heterocycles. The van der Waals surface area contributed by atoms with Gasteiger partial charge in [0.05, 0.1) is 0 Å². The van der Waals surface area contributed by atoms with E-state index in [0.717, 1.165) is 0 Å². The summed E-state index contributed by atoms with van der Waals surface area (Å²) in [4.78, 5) is 0. The van der Waals surface area contributed by atoms with E-state index < -0.39 is 12.2 Å². The van der Waals surface area contributed by atoms with Gasteiger partial charge in [-0.3, -0.25) is 0 Å². The first-order valence-corrected chi connectivity index (χ1v) is 1.28. The Morgan fingerprint density at radius 2 is 1.83 bits per heavy atom. The van der Waals surface area contributed by atoms with E-state index in [9.17, 15) is 13.9 Å². The lowest BCUT2D eigenvalue weighted by Crippen LogP contribution is -2.09. The molecule has 0 aromatic rings. The summed E-state index contributed by atoms with van der Waals surface area (Å²) in [5.41, 5.74) is 0. The Kier molecular flexibility index (Phi) is 1.57. The van der Waals surface area contributed by atoms with Crippen LogP contribution in [0.15, 0.2) is 12.3 Å². The van der Waals surface area contributed by atoms with Crippen molar-refractivity contribution >= 4 is 0 Å². The summed E-state index contributed by atoms with van der Waals surface area (Å²) in [6.45, 7) is 2.45. The summed E-state index contributed by atoms with van der Waals surface area (Å²) in [5, 5.41) is 9.28. The molecule has 0 radical (unpaired) electrons. The number of alkyl halides is 2. The molecule has 0 aliphatic carbocycles. The molecule has 0 fully saturated rings. The Labute approximate surface area is 33.9 Å². The zero-order chi connectivity index (χ0) is 5.15. The Morgan fingerprint density at radius 3 is 1.83 bits per heavy atom. The topological polar surface area (TPSA) is 23.1 Å². The van der Waals surface area contributed by atoms with Gasteiger partial charge in [0.15, 0.2) is 0 Å². The van der Waals surface area contributed by atoms with Gasteiger partial charge in [0.25, 0.3) is 0 Å². The lowest BCUT2D eigenvalue weighted by molar-refractivity contribution is -0.322. The molecule has 0 aromatic heterocycles. The second kappa shape index (κ2) is 1.74. The molecule has 0 spiro atoms. The predicted molar refractivity (Wildman–Crippen MR) is 15.1 cm³/mol. The quantitative estimate of drug-likeness (QED) is 0.422. The van der Waals surface area contributed by atoms with Gasteiger partial charge in [0, 0.05) is 0 Å². The highest BCUT2D eigenvalue weighted by Crippen LogP contribution is 1.95. The van der Waals surface area contributed by atoms with Gasteiger partial charge < -0.3 is 5.11 Å². The van der Waals surface area contributed by atoms with Gasteiger partial charge in [-0.2, -0.15) is 0 Å². The fraction of sp³-hybridized carbons (Fsp3) is 0.333. The normalized spacial score (nSPS) is 9.17. The number of hydrogen-bond donors (Lipinski definition) is 0. The van der Waals surface area contributed by atoms with Gasteiger partial charge in [-0.15, -0.1) is 6.58 Å². The first-order chi connectivity index (χ1) is 2.64. The van der Waals surface area contributed by atoms with Crippen molar-refractivity contribution in [2.45, 2.75) is 6.43 Å². The van der Waals surface area contributed by atoms with E-state index in [4.69, 9.17) is 0 Å². The van der Waals surface area contributed by atoms with E-state index in [0.29, 0.717) is 0 Å². The largest absolute Gasteiger partial charge is 0.872 e. The maximum atomic E-state index is 10.7. The second-order valence-electron chi connectivity index (χ2n) is 0.767. The van der Waals surface area contributed by atoms with Crippen LogP contribution in [-0.2, 0) is 0 Å². The predicted octanol–water partition coefficient (Wildman–Crippen LogP) is 0.125. The van der Waals surface area contributed by atoms with E-state index in [1.807, 2.05) is 0 Å².